The molecular weight excluding hydrogens is 546 g/mol. The molecule has 164 valence electrons. The fraction of sp³-hybridized carbons (Fsp3) is 0.115. The summed E-state index contributed by atoms with van der Waals surface area (Å²) in [4.78, 5) is 28.9. The van der Waals surface area contributed by atoms with Crippen LogP contribution in [0.1, 0.15) is 30.5 Å². The zero-order chi connectivity index (χ0) is 23.1. The quantitative estimate of drug-likeness (QED) is 0.312. The Morgan fingerprint density at radius 2 is 1.73 bits per heavy atom. The number of halogens is 2. The molecule has 2 heterocycles. The predicted octanol–water partition coefficient (Wildman–Crippen LogP) is 6.42. The largest absolute Gasteiger partial charge is 0.321 e. The first-order valence-electron chi connectivity index (χ1n) is 10.5. The molecule has 0 saturated carbocycles. The minimum atomic E-state index is -0.281. The van der Waals surface area contributed by atoms with Gasteiger partial charge in [-0.1, -0.05) is 74.3 Å². The lowest BCUT2D eigenvalue weighted by Crippen LogP contribution is -2.24. The summed E-state index contributed by atoms with van der Waals surface area (Å²) in [5, 5.41) is 7.07. The maximum atomic E-state index is 13.4. The van der Waals surface area contributed by atoms with Gasteiger partial charge in [0.1, 0.15) is 0 Å². The van der Waals surface area contributed by atoms with Crippen molar-refractivity contribution in [2.24, 2.45) is 5.10 Å². The van der Waals surface area contributed by atoms with Crippen molar-refractivity contribution in [3.63, 3.8) is 0 Å². The molecule has 0 radical (unpaired) electrons. The Morgan fingerprint density at radius 3 is 2.45 bits per heavy atom. The van der Waals surface area contributed by atoms with Crippen LogP contribution < -0.4 is 5.56 Å². The predicted molar refractivity (Wildman–Crippen MR) is 138 cm³/mol. The van der Waals surface area contributed by atoms with Crippen LogP contribution in [-0.2, 0) is 4.79 Å². The number of nitrogens with zero attached hydrogens (tertiary/aromatic N) is 2. The highest BCUT2D eigenvalue weighted by atomic mass is 79.9. The molecule has 1 aliphatic heterocycles. The second kappa shape index (κ2) is 8.72. The second-order valence-corrected chi connectivity index (χ2v) is 9.78. The first-order chi connectivity index (χ1) is 15.9. The lowest BCUT2D eigenvalue weighted by Gasteiger charge is -2.20. The van der Waals surface area contributed by atoms with Crippen LogP contribution in [0.25, 0.3) is 22.0 Å². The molecule has 1 N–H and O–H groups in total. The number of nitrogens with one attached hydrogen (secondary N) is 1. The summed E-state index contributed by atoms with van der Waals surface area (Å²) in [5.74, 6) is -0.170. The van der Waals surface area contributed by atoms with E-state index in [-0.39, 0.29) is 17.5 Å². The number of hydrogen-bond donors (Lipinski definition) is 1. The maximum absolute atomic E-state index is 13.4. The molecule has 3 aromatic carbocycles. The van der Waals surface area contributed by atoms with Gasteiger partial charge in [-0.2, -0.15) is 5.10 Å². The van der Waals surface area contributed by atoms with Crippen molar-refractivity contribution in [1.82, 2.24) is 9.99 Å². The monoisotopic (exact) mass is 563 g/mol. The Labute approximate surface area is 207 Å². The first-order valence-corrected chi connectivity index (χ1v) is 12.0. The minimum absolute atomic E-state index is 0.170. The molecular formula is C26H19Br2N3O2. The van der Waals surface area contributed by atoms with Gasteiger partial charge >= 0.3 is 0 Å². The molecule has 0 aliphatic carbocycles. The smallest absolute Gasteiger partial charge is 0.258 e. The van der Waals surface area contributed by atoms with E-state index in [4.69, 9.17) is 0 Å². The van der Waals surface area contributed by atoms with Crippen LogP contribution in [0, 0.1) is 0 Å². The molecule has 7 heteroatoms. The zero-order valence-corrected chi connectivity index (χ0v) is 20.9. The zero-order valence-electron chi connectivity index (χ0n) is 17.7. The van der Waals surface area contributed by atoms with Gasteiger partial charge < -0.3 is 4.98 Å². The van der Waals surface area contributed by atoms with Crippen LogP contribution in [0.4, 0.5) is 0 Å². The molecule has 1 aromatic heterocycles. The minimum Gasteiger partial charge on any atom is -0.321 e. The molecule has 0 bridgehead atoms. The number of hydrogen-bond acceptors (Lipinski definition) is 3. The Hall–Kier alpha value is -3.03. The lowest BCUT2D eigenvalue weighted by atomic mass is 9.91. The molecule has 33 heavy (non-hydrogen) atoms. The Balaban J connectivity index is 1.75. The summed E-state index contributed by atoms with van der Waals surface area (Å²) in [5.41, 5.74) is 4.31. The Morgan fingerprint density at radius 1 is 0.970 bits per heavy atom. The fourth-order valence-electron chi connectivity index (χ4n) is 4.37. The molecule has 0 saturated heterocycles. The number of fused-ring (bicyclic) bond motifs is 1. The molecule has 0 fully saturated rings. The van der Waals surface area contributed by atoms with Gasteiger partial charge in [0, 0.05) is 38.8 Å². The van der Waals surface area contributed by atoms with Crippen LogP contribution in [-0.4, -0.2) is 21.6 Å². The average molecular weight is 565 g/mol. The van der Waals surface area contributed by atoms with E-state index in [1.54, 1.807) is 0 Å². The highest BCUT2D eigenvalue weighted by Crippen LogP contribution is 2.37. The number of carbonyl (C=O) groups is 1. The van der Waals surface area contributed by atoms with E-state index in [0.29, 0.717) is 17.7 Å². The summed E-state index contributed by atoms with van der Waals surface area (Å²) >= 11 is 7.08. The third-order valence-electron chi connectivity index (χ3n) is 5.79. The van der Waals surface area contributed by atoms with Gasteiger partial charge in [0.25, 0.3) is 5.56 Å². The Bertz CT molecular complexity index is 1480. The number of pyridine rings is 1. The van der Waals surface area contributed by atoms with Gasteiger partial charge in [0.2, 0.25) is 5.91 Å². The number of aromatic nitrogens is 1. The van der Waals surface area contributed by atoms with Crippen LogP contribution >= 0.6 is 31.9 Å². The van der Waals surface area contributed by atoms with Gasteiger partial charge in [-0.3, -0.25) is 9.59 Å². The van der Waals surface area contributed by atoms with Crippen LogP contribution in [0.3, 0.4) is 0 Å². The maximum Gasteiger partial charge on any atom is 0.258 e. The molecule has 0 spiro atoms. The van der Waals surface area contributed by atoms with E-state index in [2.05, 4.69) is 41.9 Å². The molecule has 5 nitrogen and oxygen atoms in total. The SMILES string of the molecule is CC(=O)N1N=C(c2c(-c3ccccc3)c3cc(Br)ccc3[nH]c2=O)C[C@H]1c1cccc(Br)c1. The molecule has 5 rings (SSSR count). The third-order valence-corrected chi connectivity index (χ3v) is 6.78. The number of amides is 1. The normalized spacial score (nSPS) is 15.7. The number of benzene rings is 3. The number of hydrazone groups is 1. The lowest BCUT2D eigenvalue weighted by molar-refractivity contribution is -0.130. The second-order valence-electron chi connectivity index (χ2n) is 7.95. The van der Waals surface area contributed by atoms with Crippen molar-refractivity contribution in [3.05, 3.63) is 103 Å². The van der Waals surface area contributed by atoms with Gasteiger partial charge in [0.15, 0.2) is 0 Å². The molecule has 1 atom stereocenters. The summed E-state index contributed by atoms with van der Waals surface area (Å²) in [7, 11) is 0. The van der Waals surface area contributed by atoms with E-state index in [0.717, 1.165) is 36.5 Å². The van der Waals surface area contributed by atoms with E-state index < -0.39 is 0 Å². The van der Waals surface area contributed by atoms with E-state index >= 15 is 0 Å². The molecule has 1 aliphatic rings. The average Bonchev–Trinajstić information content (AvgIpc) is 3.24. The molecule has 0 unspecified atom stereocenters. The van der Waals surface area contributed by atoms with Crippen molar-refractivity contribution in [1.29, 1.82) is 0 Å². The first kappa shape index (κ1) is 21.8. The highest BCUT2D eigenvalue weighted by Gasteiger charge is 2.34. The summed E-state index contributed by atoms with van der Waals surface area (Å²) in [6.45, 7) is 1.50. The van der Waals surface area contributed by atoms with E-state index in [1.807, 2.05) is 72.8 Å². The van der Waals surface area contributed by atoms with Gasteiger partial charge in [0.05, 0.1) is 17.3 Å². The standard InChI is InChI=1S/C26H19Br2N3O2/c1-15(32)31-23(17-8-5-9-18(27)12-17)14-22(30-31)25-24(16-6-3-2-4-7-16)20-13-19(28)10-11-21(20)29-26(25)33/h2-13,23H,14H2,1H3,(H,29,33)/t23-/m0/s1. The summed E-state index contributed by atoms with van der Waals surface area (Å²) in [6, 6.07) is 23.2. The third kappa shape index (κ3) is 4.07. The van der Waals surface area contributed by atoms with Crippen LogP contribution in [0.15, 0.2) is 91.6 Å². The van der Waals surface area contributed by atoms with Gasteiger partial charge in [-0.15, -0.1) is 0 Å². The van der Waals surface area contributed by atoms with Crippen molar-refractivity contribution in [2.75, 3.05) is 0 Å². The van der Waals surface area contributed by atoms with Crippen molar-refractivity contribution in [2.45, 2.75) is 19.4 Å². The van der Waals surface area contributed by atoms with Crippen molar-refractivity contribution in [3.8, 4) is 11.1 Å². The highest BCUT2D eigenvalue weighted by molar-refractivity contribution is 9.10. The number of aromatic amines is 1. The number of carbonyl (C=O) groups excluding carboxylic acids is 1. The summed E-state index contributed by atoms with van der Waals surface area (Å²) < 4.78 is 1.84. The number of rotatable bonds is 3. The van der Waals surface area contributed by atoms with E-state index in [1.165, 1.54) is 11.9 Å². The van der Waals surface area contributed by atoms with Crippen LogP contribution in [0.2, 0.25) is 0 Å². The topological polar surface area (TPSA) is 65.5 Å². The molecule has 1 amide bonds. The van der Waals surface area contributed by atoms with Crippen molar-refractivity contribution >= 4 is 54.4 Å². The van der Waals surface area contributed by atoms with Crippen molar-refractivity contribution < 1.29 is 4.79 Å². The summed E-state index contributed by atoms with van der Waals surface area (Å²) in [6.07, 6.45) is 0.443. The van der Waals surface area contributed by atoms with Crippen LogP contribution in [0.5, 0.6) is 0 Å². The fourth-order valence-corrected chi connectivity index (χ4v) is 5.15. The van der Waals surface area contributed by atoms with Gasteiger partial charge in [-0.05, 0) is 41.5 Å². The number of H-pyrrole nitrogens is 1. The van der Waals surface area contributed by atoms with E-state index in [9.17, 15) is 9.59 Å². The molecule has 4 aromatic rings. The van der Waals surface area contributed by atoms with Gasteiger partial charge in [-0.25, -0.2) is 5.01 Å². The Kier molecular flexibility index (Phi) is 5.76.